The molecule has 1 atom stereocenters. The Morgan fingerprint density at radius 3 is 2.52 bits per heavy atom. The summed E-state index contributed by atoms with van der Waals surface area (Å²) in [6.07, 6.45) is 1.88. The van der Waals surface area contributed by atoms with E-state index < -0.39 is 14.9 Å². The van der Waals surface area contributed by atoms with Crippen LogP contribution in [-0.4, -0.2) is 44.4 Å². The van der Waals surface area contributed by atoms with Crippen molar-refractivity contribution in [2.24, 2.45) is 11.7 Å². The maximum atomic E-state index is 12.8. The van der Waals surface area contributed by atoms with Crippen molar-refractivity contribution >= 4 is 28.1 Å². The zero-order chi connectivity index (χ0) is 16.5. The number of halogens is 1. The van der Waals surface area contributed by atoms with Gasteiger partial charge in [0.2, 0.25) is 10.0 Å². The van der Waals surface area contributed by atoms with Gasteiger partial charge in [0.05, 0.1) is 12.0 Å². The second-order valence-corrected chi connectivity index (χ2v) is 7.22. The minimum absolute atomic E-state index is 0. The first-order chi connectivity index (χ1) is 10.3. The highest BCUT2D eigenvalue weighted by molar-refractivity contribution is 7.89. The smallest absolute Gasteiger partial charge is 0.271 e. The molecule has 23 heavy (non-hydrogen) atoms. The average Bonchev–Trinajstić information content (AvgIpc) is 3.31. The van der Waals surface area contributed by atoms with Gasteiger partial charge < -0.3 is 10.5 Å². The van der Waals surface area contributed by atoms with Crippen molar-refractivity contribution in [3.05, 3.63) is 28.3 Å². The van der Waals surface area contributed by atoms with Gasteiger partial charge in [0.15, 0.2) is 0 Å². The molecule has 130 valence electrons. The van der Waals surface area contributed by atoms with Gasteiger partial charge in [-0.1, -0.05) is 0 Å². The highest BCUT2D eigenvalue weighted by Gasteiger charge is 2.39. The predicted octanol–water partition coefficient (Wildman–Crippen LogP) is 1.38. The lowest BCUT2D eigenvalue weighted by Crippen LogP contribution is -2.43. The summed E-state index contributed by atoms with van der Waals surface area (Å²) < 4.78 is 31.8. The lowest BCUT2D eigenvalue weighted by Gasteiger charge is -2.26. The fourth-order valence-electron chi connectivity index (χ4n) is 2.43. The summed E-state index contributed by atoms with van der Waals surface area (Å²) in [5.74, 6) is 0.318. The fourth-order valence-corrected chi connectivity index (χ4v) is 4.03. The van der Waals surface area contributed by atoms with Crippen molar-refractivity contribution in [2.75, 3.05) is 20.7 Å². The molecule has 1 saturated carbocycles. The van der Waals surface area contributed by atoms with E-state index in [9.17, 15) is 18.5 Å². The summed E-state index contributed by atoms with van der Waals surface area (Å²) in [7, 11) is -1.16. The summed E-state index contributed by atoms with van der Waals surface area (Å²) in [5, 5.41) is 10.9. The zero-order valence-electron chi connectivity index (χ0n) is 12.8. The number of nitro benzene ring substituents is 1. The number of benzene rings is 1. The minimum atomic E-state index is -3.93. The monoisotopic (exact) mass is 365 g/mol. The van der Waals surface area contributed by atoms with Gasteiger partial charge in [0.1, 0.15) is 10.6 Å². The Morgan fingerprint density at radius 1 is 1.48 bits per heavy atom. The molecule has 0 spiro atoms. The van der Waals surface area contributed by atoms with Crippen LogP contribution in [0.25, 0.3) is 0 Å². The fraction of sp³-hybridized carbons (Fsp3) is 0.538. The Balaban J connectivity index is 0.00000264. The van der Waals surface area contributed by atoms with E-state index in [-0.39, 0.29) is 47.2 Å². The first kappa shape index (κ1) is 19.6. The Labute approximate surface area is 141 Å². The number of hydrogen-bond donors (Lipinski definition) is 1. The van der Waals surface area contributed by atoms with Crippen LogP contribution < -0.4 is 10.5 Å². The molecule has 1 aliphatic rings. The maximum absolute atomic E-state index is 12.8. The highest BCUT2D eigenvalue weighted by atomic mass is 35.5. The molecule has 0 bridgehead atoms. The highest BCUT2D eigenvalue weighted by Crippen LogP contribution is 2.38. The molecule has 2 N–H and O–H groups in total. The third-order valence-electron chi connectivity index (χ3n) is 3.89. The largest absolute Gasteiger partial charge is 0.495 e. The van der Waals surface area contributed by atoms with Crippen LogP contribution in [0.4, 0.5) is 5.69 Å². The van der Waals surface area contributed by atoms with Crippen molar-refractivity contribution < 1.29 is 18.1 Å². The Bertz CT molecular complexity index is 678. The number of non-ortho nitro benzene ring substituents is 1. The lowest BCUT2D eigenvalue weighted by atomic mass is 10.2. The van der Waals surface area contributed by atoms with Crippen LogP contribution in [0, 0.1) is 16.0 Å². The van der Waals surface area contributed by atoms with E-state index in [1.54, 1.807) is 0 Å². The van der Waals surface area contributed by atoms with Crippen LogP contribution in [0.15, 0.2) is 23.1 Å². The molecule has 1 aromatic carbocycles. The number of methoxy groups -OCH3 is 1. The molecule has 0 amide bonds. The van der Waals surface area contributed by atoms with Gasteiger partial charge in [-0.25, -0.2) is 8.42 Å². The zero-order valence-corrected chi connectivity index (χ0v) is 14.5. The maximum Gasteiger partial charge on any atom is 0.271 e. The van der Waals surface area contributed by atoms with Gasteiger partial charge in [0, 0.05) is 31.8 Å². The van der Waals surface area contributed by atoms with Crippen molar-refractivity contribution in [1.82, 2.24) is 4.31 Å². The van der Waals surface area contributed by atoms with Gasteiger partial charge in [0.25, 0.3) is 5.69 Å². The van der Waals surface area contributed by atoms with E-state index in [1.165, 1.54) is 30.6 Å². The van der Waals surface area contributed by atoms with E-state index >= 15 is 0 Å². The molecular formula is C13H20ClN3O5S. The molecule has 8 nitrogen and oxygen atoms in total. The number of rotatable bonds is 7. The molecule has 2 rings (SSSR count). The predicted molar refractivity (Wildman–Crippen MR) is 87.4 cm³/mol. The number of ether oxygens (including phenoxy) is 1. The van der Waals surface area contributed by atoms with Gasteiger partial charge in [-0.2, -0.15) is 4.31 Å². The number of nitro groups is 1. The number of hydrogen-bond acceptors (Lipinski definition) is 6. The molecule has 0 saturated heterocycles. The first-order valence-corrected chi connectivity index (χ1v) is 8.27. The van der Waals surface area contributed by atoms with Gasteiger partial charge in [-0.15, -0.1) is 12.4 Å². The number of nitrogens with two attached hydrogens (primary N) is 1. The molecule has 0 radical (unpaired) electrons. The molecule has 1 unspecified atom stereocenters. The third kappa shape index (κ3) is 3.92. The Kier molecular flexibility index (Phi) is 6.34. The average molecular weight is 366 g/mol. The Hall–Kier alpha value is -1.42. The quantitative estimate of drug-likeness (QED) is 0.576. The molecule has 0 aromatic heterocycles. The summed E-state index contributed by atoms with van der Waals surface area (Å²) in [6.45, 7) is 0.206. The molecule has 1 aromatic rings. The van der Waals surface area contributed by atoms with E-state index in [1.807, 2.05) is 0 Å². The SMILES string of the molecule is COc1ccc([N+](=O)[O-])cc1S(=O)(=O)N(C)C(CN)C1CC1.Cl. The van der Waals surface area contributed by atoms with Gasteiger partial charge in [-0.3, -0.25) is 10.1 Å². The van der Waals surface area contributed by atoms with E-state index in [0.29, 0.717) is 0 Å². The summed E-state index contributed by atoms with van der Waals surface area (Å²) in [5.41, 5.74) is 5.39. The van der Waals surface area contributed by atoms with Crippen molar-refractivity contribution in [3.8, 4) is 5.75 Å². The van der Waals surface area contributed by atoms with Crippen molar-refractivity contribution in [3.63, 3.8) is 0 Å². The summed E-state index contributed by atoms with van der Waals surface area (Å²) >= 11 is 0. The molecule has 1 aliphatic carbocycles. The number of likely N-dealkylation sites (N-methyl/N-ethyl adjacent to an activating group) is 1. The van der Waals surface area contributed by atoms with Crippen LogP contribution >= 0.6 is 12.4 Å². The van der Waals surface area contributed by atoms with E-state index in [2.05, 4.69) is 0 Å². The van der Waals surface area contributed by atoms with Gasteiger partial charge in [-0.05, 0) is 24.8 Å². The Morgan fingerprint density at radius 2 is 2.09 bits per heavy atom. The second kappa shape index (κ2) is 7.43. The van der Waals surface area contributed by atoms with Crippen LogP contribution in [0.1, 0.15) is 12.8 Å². The lowest BCUT2D eigenvalue weighted by molar-refractivity contribution is -0.385. The first-order valence-electron chi connectivity index (χ1n) is 6.83. The van der Waals surface area contributed by atoms with E-state index in [0.717, 1.165) is 18.9 Å². The second-order valence-electron chi connectivity index (χ2n) is 5.25. The summed E-state index contributed by atoms with van der Waals surface area (Å²) in [4.78, 5) is 10.0. The van der Waals surface area contributed by atoms with Crippen LogP contribution in [-0.2, 0) is 10.0 Å². The summed E-state index contributed by atoms with van der Waals surface area (Å²) in [6, 6.07) is 3.20. The standard InChI is InChI=1S/C13H19N3O5S.ClH/c1-15(11(8-14)9-3-4-9)22(19,20)13-7-10(16(17)18)5-6-12(13)21-2;/h5-7,9,11H,3-4,8,14H2,1-2H3;1H. The van der Waals surface area contributed by atoms with Crippen LogP contribution in [0.3, 0.4) is 0 Å². The number of nitrogens with zero attached hydrogens (tertiary/aromatic N) is 2. The normalized spacial score (nSPS) is 15.8. The van der Waals surface area contributed by atoms with Gasteiger partial charge >= 0.3 is 0 Å². The minimum Gasteiger partial charge on any atom is -0.495 e. The number of sulfonamides is 1. The molecule has 10 heteroatoms. The van der Waals surface area contributed by atoms with Crippen molar-refractivity contribution in [2.45, 2.75) is 23.8 Å². The topological polar surface area (TPSA) is 116 Å². The molecular weight excluding hydrogens is 346 g/mol. The van der Waals surface area contributed by atoms with Crippen LogP contribution in [0.5, 0.6) is 5.75 Å². The molecule has 0 aliphatic heterocycles. The third-order valence-corrected chi connectivity index (χ3v) is 5.79. The molecule has 0 heterocycles. The van der Waals surface area contributed by atoms with Crippen LogP contribution in [0.2, 0.25) is 0 Å². The van der Waals surface area contributed by atoms with Crippen molar-refractivity contribution in [1.29, 1.82) is 0 Å². The van der Waals surface area contributed by atoms with E-state index in [4.69, 9.17) is 10.5 Å². The molecule has 1 fully saturated rings.